The van der Waals surface area contributed by atoms with Crippen LogP contribution in [0.5, 0.6) is 5.75 Å². The Bertz CT molecular complexity index is 1230. The maximum atomic E-state index is 13.7. The summed E-state index contributed by atoms with van der Waals surface area (Å²) in [5.41, 5.74) is 3.46. The maximum Gasteiger partial charge on any atom is 0.420 e. The number of hydrogen-bond acceptors (Lipinski definition) is 5. The fraction of sp³-hybridized carbons (Fsp3) is 0.231. The van der Waals surface area contributed by atoms with Crippen LogP contribution in [0, 0.1) is 6.92 Å². The van der Waals surface area contributed by atoms with Crippen molar-refractivity contribution in [1.29, 1.82) is 0 Å². The van der Waals surface area contributed by atoms with E-state index in [0.29, 0.717) is 22.9 Å². The first-order valence-electron chi connectivity index (χ1n) is 10.9. The Morgan fingerprint density at radius 3 is 2.68 bits per heavy atom. The van der Waals surface area contributed by atoms with Crippen LogP contribution >= 0.6 is 11.3 Å². The van der Waals surface area contributed by atoms with Crippen LogP contribution in [-0.4, -0.2) is 16.6 Å². The molecule has 34 heavy (non-hydrogen) atoms. The topological polar surface area (TPSA) is 47.0 Å². The summed E-state index contributed by atoms with van der Waals surface area (Å²) in [6, 6.07) is 15.9. The largest absolute Gasteiger partial charge is 0.493 e. The molecule has 0 unspecified atom stereocenters. The third-order valence-corrected chi connectivity index (χ3v) is 5.96. The van der Waals surface area contributed by atoms with Gasteiger partial charge in [-0.05, 0) is 62.1 Å². The Morgan fingerprint density at radius 2 is 1.91 bits per heavy atom. The van der Waals surface area contributed by atoms with Crippen molar-refractivity contribution in [2.75, 3.05) is 11.9 Å². The van der Waals surface area contributed by atoms with Crippen molar-refractivity contribution >= 4 is 22.2 Å². The predicted octanol–water partition coefficient (Wildman–Crippen LogP) is 7.68. The molecule has 0 fully saturated rings. The van der Waals surface area contributed by atoms with E-state index in [1.54, 1.807) is 24.5 Å². The van der Waals surface area contributed by atoms with E-state index in [2.05, 4.69) is 27.4 Å². The lowest BCUT2D eigenvalue weighted by molar-refractivity contribution is -0.138. The minimum Gasteiger partial charge on any atom is -0.493 e. The number of anilines is 2. The number of aryl methyl sites for hydroxylation is 2. The summed E-state index contributed by atoms with van der Waals surface area (Å²) in [4.78, 5) is 8.51. The molecule has 1 N–H and O–H groups in total. The van der Waals surface area contributed by atoms with Crippen LogP contribution in [0.3, 0.4) is 0 Å². The van der Waals surface area contributed by atoms with Gasteiger partial charge in [-0.2, -0.15) is 13.2 Å². The lowest BCUT2D eigenvalue weighted by atomic mass is 10.1. The van der Waals surface area contributed by atoms with Crippen LogP contribution < -0.4 is 10.1 Å². The normalized spacial score (nSPS) is 11.4. The smallest absolute Gasteiger partial charge is 0.420 e. The minimum atomic E-state index is -4.53. The van der Waals surface area contributed by atoms with Crippen molar-refractivity contribution in [1.82, 2.24) is 9.97 Å². The molecule has 4 rings (SSSR count). The van der Waals surface area contributed by atoms with Crippen LogP contribution in [-0.2, 0) is 12.6 Å². The molecule has 0 bridgehead atoms. The average molecular weight is 484 g/mol. The number of nitrogens with one attached hydrogen (secondary N) is 1. The first-order valence-corrected chi connectivity index (χ1v) is 11.8. The predicted molar refractivity (Wildman–Crippen MR) is 130 cm³/mol. The molecular formula is C26H24F3N3OS. The second kappa shape index (κ2) is 10.7. The van der Waals surface area contributed by atoms with Gasteiger partial charge in [-0.15, -0.1) is 11.3 Å². The van der Waals surface area contributed by atoms with Crippen molar-refractivity contribution in [3.05, 3.63) is 89.1 Å². The van der Waals surface area contributed by atoms with E-state index in [4.69, 9.17) is 4.74 Å². The van der Waals surface area contributed by atoms with Crippen LogP contribution in [0.2, 0.25) is 0 Å². The monoisotopic (exact) mass is 483 g/mol. The van der Waals surface area contributed by atoms with Gasteiger partial charge in [0.2, 0.25) is 0 Å². The van der Waals surface area contributed by atoms with Crippen LogP contribution in [0.1, 0.15) is 29.5 Å². The summed E-state index contributed by atoms with van der Waals surface area (Å²) >= 11 is 1.31. The number of pyridine rings is 1. The molecule has 176 valence electrons. The number of thiazole rings is 1. The Kier molecular flexibility index (Phi) is 7.47. The zero-order valence-electron chi connectivity index (χ0n) is 18.6. The van der Waals surface area contributed by atoms with Crippen LogP contribution in [0.25, 0.3) is 11.3 Å². The standard InChI is InChI=1S/C26H24F3N3OS/c1-18-6-4-8-19(14-18)7-2-3-13-33-24-11-10-21(15-22(24)26(27,28)29)31-25-32-23(17-34-25)20-9-5-12-30-16-20/h4-6,8-12,14-17H,2-3,7,13H2,1H3,(H,31,32). The number of hydrogen-bond donors (Lipinski definition) is 1. The average Bonchev–Trinajstić information content (AvgIpc) is 3.28. The minimum absolute atomic E-state index is 0.163. The van der Waals surface area contributed by atoms with Gasteiger partial charge in [0.1, 0.15) is 5.75 Å². The summed E-state index contributed by atoms with van der Waals surface area (Å²) in [7, 11) is 0. The molecule has 0 amide bonds. The van der Waals surface area contributed by atoms with Gasteiger partial charge in [0, 0.05) is 29.0 Å². The molecule has 2 aromatic heterocycles. The number of unbranched alkanes of at least 4 members (excludes halogenated alkanes) is 1. The molecule has 2 aromatic carbocycles. The highest BCUT2D eigenvalue weighted by molar-refractivity contribution is 7.14. The van der Waals surface area contributed by atoms with Crippen molar-refractivity contribution < 1.29 is 17.9 Å². The molecule has 2 heterocycles. The second-order valence-corrected chi connectivity index (χ2v) is 8.77. The van der Waals surface area contributed by atoms with Crippen LogP contribution in [0.15, 0.2) is 72.4 Å². The zero-order valence-corrected chi connectivity index (χ0v) is 19.4. The zero-order chi connectivity index (χ0) is 24.0. The fourth-order valence-electron chi connectivity index (χ4n) is 3.54. The fourth-order valence-corrected chi connectivity index (χ4v) is 4.28. The molecule has 0 aliphatic rings. The molecule has 8 heteroatoms. The highest BCUT2D eigenvalue weighted by Crippen LogP contribution is 2.39. The quantitative estimate of drug-likeness (QED) is 0.248. The number of rotatable bonds is 9. The lowest BCUT2D eigenvalue weighted by Crippen LogP contribution is -2.10. The molecule has 0 radical (unpaired) electrons. The van der Waals surface area contributed by atoms with E-state index in [9.17, 15) is 13.2 Å². The number of benzene rings is 2. The molecular weight excluding hydrogens is 459 g/mol. The van der Waals surface area contributed by atoms with Crippen molar-refractivity contribution in [3.8, 4) is 17.0 Å². The van der Waals surface area contributed by atoms with Crippen LogP contribution in [0.4, 0.5) is 24.0 Å². The summed E-state index contributed by atoms with van der Waals surface area (Å²) in [6.45, 7) is 2.26. The highest BCUT2D eigenvalue weighted by Gasteiger charge is 2.34. The van der Waals surface area contributed by atoms with Crippen molar-refractivity contribution in [3.63, 3.8) is 0 Å². The number of alkyl halides is 3. The Hall–Kier alpha value is -3.39. The number of halogens is 3. The molecule has 0 aliphatic carbocycles. The summed E-state index contributed by atoms with van der Waals surface area (Å²) in [5.74, 6) is -0.163. The summed E-state index contributed by atoms with van der Waals surface area (Å²) in [5, 5.41) is 5.29. The Balaban J connectivity index is 1.38. The molecule has 0 atom stereocenters. The van der Waals surface area contributed by atoms with E-state index in [1.807, 2.05) is 30.5 Å². The van der Waals surface area contributed by atoms with E-state index < -0.39 is 11.7 Å². The molecule has 4 nitrogen and oxygen atoms in total. The summed E-state index contributed by atoms with van der Waals surface area (Å²) in [6.07, 6.45) is 1.21. The van der Waals surface area contributed by atoms with Gasteiger partial charge in [-0.3, -0.25) is 4.98 Å². The van der Waals surface area contributed by atoms with Crippen molar-refractivity contribution in [2.45, 2.75) is 32.4 Å². The number of aromatic nitrogens is 2. The molecule has 0 saturated carbocycles. The van der Waals surface area contributed by atoms with Gasteiger partial charge in [-0.1, -0.05) is 29.8 Å². The summed E-state index contributed by atoms with van der Waals surface area (Å²) < 4.78 is 46.6. The third-order valence-electron chi connectivity index (χ3n) is 5.20. The van der Waals surface area contributed by atoms with Gasteiger partial charge >= 0.3 is 6.18 Å². The van der Waals surface area contributed by atoms with Gasteiger partial charge in [0.05, 0.1) is 17.9 Å². The molecule has 0 spiro atoms. The van der Waals surface area contributed by atoms with Gasteiger partial charge < -0.3 is 10.1 Å². The first-order chi connectivity index (χ1) is 16.4. The molecule has 0 aliphatic heterocycles. The van der Waals surface area contributed by atoms with Gasteiger partial charge in [0.25, 0.3) is 0 Å². The lowest BCUT2D eigenvalue weighted by Gasteiger charge is -2.15. The van der Waals surface area contributed by atoms with Gasteiger partial charge in [-0.25, -0.2) is 4.98 Å². The highest BCUT2D eigenvalue weighted by atomic mass is 32.1. The second-order valence-electron chi connectivity index (χ2n) is 7.91. The van der Waals surface area contributed by atoms with Crippen molar-refractivity contribution in [2.24, 2.45) is 0 Å². The maximum absolute atomic E-state index is 13.7. The Morgan fingerprint density at radius 1 is 1.03 bits per heavy atom. The molecule has 4 aromatic rings. The molecule has 0 saturated heterocycles. The third kappa shape index (κ3) is 6.35. The van der Waals surface area contributed by atoms with E-state index in [1.165, 1.54) is 28.5 Å². The SMILES string of the molecule is Cc1cccc(CCCCOc2ccc(Nc3nc(-c4cccnc4)cs3)cc2C(F)(F)F)c1. The Labute approximate surface area is 200 Å². The first kappa shape index (κ1) is 23.8. The van der Waals surface area contributed by atoms with Gasteiger partial charge in [0.15, 0.2) is 5.13 Å². The number of ether oxygens (including phenoxy) is 1. The van der Waals surface area contributed by atoms with E-state index >= 15 is 0 Å². The number of nitrogens with zero attached hydrogens (tertiary/aromatic N) is 2. The van der Waals surface area contributed by atoms with E-state index in [0.717, 1.165) is 24.5 Å². The van der Waals surface area contributed by atoms with E-state index in [-0.39, 0.29) is 12.4 Å².